The summed E-state index contributed by atoms with van der Waals surface area (Å²) in [5.41, 5.74) is 1.56. The Bertz CT molecular complexity index is 664. The van der Waals surface area contributed by atoms with Gasteiger partial charge in [0.1, 0.15) is 0 Å². The molecule has 2 amide bonds. The lowest BCUT2D eigenvalue weighted by atomic mass is 10.2. The molecule has 2 N–H and O–H groups in total. The molecule has 0 fully saturated rings. The molecular weight excluding hydrogens is 286 g/mol. The number of nitrogens with one attached hydrogen (secondary N) is 2. The monoisotopic (exact) mass is 305 g/mol. The number of benzene rings is 1. The predicted octanol–water partition coefficient (Wildman–Crippen LogP) is 3.63. The van der Waals surface area contributed by atoms with Crippen molar-refractivity contribution in [2.24, 2.45) is 5.92 Å². The van der Waals surface area contributed by atoms with E-state index in [2.05, 4.69) is 15.6 Å². The van der Waals surface area contributed by atoms with Crippen molar-refractivity contribution < 1.29 is 9.59 Å². The van der Waals surface area contributed by atoms with Crippen LogP contribution < -0.4 is 10.6 Å². The summed E-state index contributed by atoms with van der Waals surface area (Å²) < 4.78 is 0.934. The number of hydrogen-bond acceptors (Lipinski definition) is 4. The normalized spacial score (nSPS) is 10.9. The molecule has 1 aromatic heterocycles. The molecule has 0 aliphatic carbocycles. The molecule has 0 spiro atoms. The second kappa shape index (κ2) is 6.67. The molecule has 0 aliphatic heterocycles. The van der Waals surface area contributed by atoms with Crippen LogP contribution in [0.25, 0.3) is 10.2 Å². The van der Waals surface area contributed by atoms with Crippen LogP contribution in [0, 0.1) is 5.92 Å². The molecule has 1 aromatic carbocycles. The number of anilines is 2. The first-order valence-corrected chi connectivity index (χ1v) is 7.82. The quantitative estimate of drug-likeness (QED) is 0.886. The molecule has 0 saturated heterocycles. The summed E-state index contributed by atoms with van der Waals surface area (Å²) in [7, 11) is 0. The van der Waals surface area contributed by atoms with Gasteiger partial charge in [0.15, 0.2) is 5.13 Å². The van der Waals surface area contributed by atoms with Gasteiger partial charge in [0.2, 0.25) is 11.8 Å². The standard InChI is InChI=1S/C15H19N3O2S/c1-4-5-13(19)18-15-17-11-7-6-10(8-12(11)21-15)16-14(20)9(2)3/h6-9H,4-5H2,1-3H3,(H,16,20)(H,17,18,19). The average molecular weight is 305 g/mol. The predicted molar refractivity (Wildman–Crippen MR) is 86.6 cm³/mol. The number of rotatable bonds is 5. The van der Waals surface area contributed by atoms with E-state index in [0.717, 1.165) is 22.3 Å². The van der Waals surface area contributed by atoms with E-state index in [1.165, 1.54) is 11.3 Å². The summed E-state index contributed by atoms with van der Waals surface area (Å²) in [5, 5.41) is 6.24. The number of fused-ring (bicyclic) bond motifs is 1. The number of aromatic nitrogens is 1. The fourth-order valence-corrected chi connectivity index (χ4v) is 2.67. The first-order valence-electron chi connectivity index (χ1n) is 7.01. The molecule has 2 aromatic rings. The third-order valence-corrected chi connectivity index (χ3v) is 3.84. The highest BCUT2D eigenvalue weighted by Gasteiger charge is 2.10. The first kappa shape index (κ1) is 15.4. The van der Waals surface area contributed by atoms with Crippen molar-refractivity contribution >= 4 is 44.2 Å². The van der Waals surface area contributed by atoms with Gasteiger partial charge < -0.3 is 10.6 Å². The minimum Gasteiger partial charge on any atom is -0.326 e. The largest absolute Gasteiger partial charge is 0.326 e. The Hall–Kier alpha value is -1.95. The molecule has 112 valence electrons. The highest BCUT2D eigenvalue weighted by molar-refractivity contribution is 7.22. The van der Waals surface area contributed by atoms with Gasteiger partial charge in [-0.15, -0.1) is 0 Å². The third-order valence-electron chi connectivity index (χ3n) is 2.90. The zero-order valence-corrected chi connectivity index (χ0v) is 13.2. The van der Waals surface area contributed by atoms with E-state index in [0.29, 0.717) is 11.6 Å². The number of amides is 2. The average Bonchev–Trinajstić information content (AvgIpc) is 2.80. The molecule has 2 rings (SSSR count). The van der Waals surface area contributed by atoms with E-state index < -0.39 is 0 Å². The number of carbonyl (C=O) groups is 2. The first-order chi connectivity index (χ1) is 9.99. The Morgan fingerprint density at radius 1 is 1.29 bits per heavy atom. The molecule has 0 aliphatic rings. The van der Waals surface area contributed by atoms with Crippen molar-refractivity contribution in [2.45, 2.75) is 33.6 Å². The SMILES string of the molecule is CCCC(=O)Nc1nc2ccc(NC(=O)C(C)C)cc2s1. The van der Waals surface area contributed by atoms with Gasteiger partial charge in [-0.2, -0.15) is 0 Å². The van der Waals surface area contributed by atoms with Gasteiger partial charge in [-0.05, 0) is 24.6 Å². The Morgan fingerprint density at radius 2 is 2.05 bits per heavy atom. The van der Waals surface area contributed by atoms with Gasteiger partial charge in [0, 0.05) is 18.0 Å². The van der Waals surface area contributed by atoms with Crippen LogP contribution in [-0.4, -0.2) is 16.8 Å². The van der Waals surface area contributed by atoms with Gasteiger partial charge >= 0.3 is 0 Å². The second-order valence-corrected chi connectivity index (χ2v) is 6.17. The minimum atomic E-state index is -0.0638. The molecule has 0 atom stereocenters. The van der Waals surface area contributed by atoms with Gasteiger partial charge in [-0.3, -0.25) is 9.59 Å². The fourth-order valence-electron chi connectivity index (χ4n) is 1.75. The Morgan fingerprint density at radius 3 is 2.71 bits per heavy atom. The molecule has 0 unspecified atom stereocenters. The van der Waals surface area contributed by atoms with Gasteiger partial charge in [0.05, 0.1) is 10.2 Å². The number of carbonyl (C=O) groups excluding carboxylic acids is 2. The lowest BCUT2D eigenvalue weighted by Gasteiger charge is -2.06. The molecule has 0 bridgehead atoms. The summed E-state index contributed by atoms with van der Waals surface area (Å²) in [4.78, 5) is 27.6. The summed E-state index contributed by atoms with van der Waals surface area (Å²) >= 11 is 1.41. The molecule has 0 saturated carbocycles. The molecule has 1 heterocycles. The van der Waals surface area contributed by atoms with E-state index in [4.69, 9.17) is 0 Å². The van der Waals surface area contributed by atoms with Crippen LogP contribution in [0.15, 0.2) is 18.2 Å². The zero-order chi connectivity index (χ0) is 15.4. The van der Waals surface area contributed by atoms with E-state index >= 15 is 0 Å². The summed E-state index contributed by atoms with van der Waals surface area (Å²) in [6, 6.07) is 5.54. The summed E-state index contributed by atoms with van der Waals surface area (Å²) in [6.45, 7) is 5.66. The number of thiazole rings is 1. The van der Waals surface area contributed by atoms with Crippen molar-refractivity contribution in [3.8, 4) is 0 Å². The molecule has 5 nitrogen and oxygen atoms in total. The van der Waals surface area contributed by atoms with Gasteiger partial charge in [0.25, 0.3) is 0 Å². The van der Waals surface area contributed by atoms with Crippen LogP contribution in [0.5, 0.6) is 0 Å². The molecule has 21 heavy (non-hydrogen) atoms. The van der Waals surface area contributed by atoms with Crippen LogP contribution in [0.2, 0.25) is 0 Å². The Labute approximate surface area is 127 Å². The highest BCUT2D eigenvalue weighted by atomic mass is 32.1. The maximum atomic E-state index is 11.7. The fraction of sp³-hybridized carbons (Fsp3) is 0.400. The van der Waals surface area contributed by atoms with Crippen molar-refractivity contribution in [1.82, 2.24) is 4.98 Å². The maximum Gasteiger partial charge on any atom is 0.226 e. The van der Waals surface area contributed by atoms with Crippen LogP contribution in [0.3, 0.4) is 0 Å². The van der Waals surface area contributed by atoms with Crippen molar-refractivity contribution in [1.29, 1.82) is 0 Å². The third kappa shape index (κ3) is 4.01. The smallest absolute Gasteiger partial charge is 0.226 e. The van der Waals surface area contributed by atoms with Crippen molar-refractivity contribution in [3.63, 3.8) is 0 Å². The van der Waals surface area contributed by atoms with E-state index in [-0.39, 0.29) is 17.7 Å². The summed E-state index contributed by atoms with van der Waals surface area (Å²) in [6.07, 6.45) is 1.30. The van der Waals surface area contributed by atoms with Crippen molar-refractivity contribution in [2.75, 3.05) is 10.6 Å². The summed E-state index contributed by atoms with van der Waals surface area (Å²) in [5.74, 6) is -0.105. The Kier molecular flexibility index (Phi) is 4.90. The second-order valence-electron chi connectivity index (χ2n) is 5.14. The zero-order valence-electron chi connectivity index (χ0n) is 12.4. The lowest BCUT2D eigenvalue weighted by molar-refractivity contribution is -0.119. The van der Waals surface area contributed by atoms with Crippen molar-refractivity contribution in [3.05, 3.63) is 18.2 Å². The van der Waals surface area contributed by atoms with E-state index in [1.54, 1.807) is 0 Å². The van der Waals surface area contributed by atoms with Crippen LogP contribution in [-0.2, 0) is 9.59 Å². The Balaban J connectivity index is 2.16. The van der Waals surface area contributed by atoms with Gasteiger partial charge in [-0.1, -0.05) is 32.1 Å². The van der Waals surface area contributed by atoms with E-state index in [1.807, 2.05) is 39.0 Å². The van der Waals surface area contributed by atoms with Crippen LogP contribution in [0.1, 0.15) is 33.6 Å². The highest BCUT2D eigenvalue weighted by Crippen LogP contribution is 2.28. The van der Waals surface area contributed by atoms with Crippen LogP contribution >= 0.6 is 11.3 Å². The van der Waals surface area contributed by atoms with Crippen LogP contribution in [0.4, 0.5) is 10.8 Å². The molecule has 6 heteroatoms. The number of hydrogen-bond donors (Lipinski definition) is 2. The molecular formula is C15H19N3O2S. The van der Waals surface area contributed by atoms with Gasteiger partial charge in [-0.25, -0.2) is 4.98 Å². The lowest BCUT2D eigenvalue weighted by Crippen LogP contribution is -2.17. The van der Waals surface area contributed by atoms with E-state index in [9.17, 15) is 9.59 Å². The topological polar surface area (TPSA) is 71.1 Å². The number of nitrogens with zero attached hydrogens (tertiary/aromatic N) is 1. The molecule has 0 radical (unpaired) electrons. The maximum absolute atomic E-state index is 11.7. The minimum absolute atomic E-state index is 0.0182.